The van der Waals surface area contributed by atoms with Crippen molar-refractivity contribution >= 4 is 0 Å². The molecule has 1 heterocycles. The molecular formula is C19H18N2. The van der Waals surface area contributed by atoms with E-state index in [0.717, 1.165) is 22.6 Å². The Morgan fingerprint density at radius 2 is 1.33 bits per heavy atom. The van der Waals surface area contributed by atoms with Crippen LogP contribution in [0.5, 0.6) is 0 Å². The van der Waals surface area contributed by atoms with Crippen LogP contribution in [0.1, 0.15) is 25.3 Å². The van der Waals surface area contributed by atoms with Crippen molar-refractivity contribution in [2.45, 2.75) is 19.8 Å². The smallest absolute Gasteiger partial charge is 0.159 e. The number of benzene rings is 2. The van der Waals surface area contributed by atoms with Gasteiger partial charge < -0.3 is 0 Å². The molecule has 0 aliphatic heterocycles. The molecule has 0 unspecified atom stereocenters. The average Bonchev–Trinajstić information content (AvgIpc) is 2.56. The van der Waals surface area contributed by atoms with Crippen molar-refractivity contribution < 1.29 is 0 Å². The van der Waals surface area contributed by atoms with E-state index in [1.807, 2.05) is 54.7 Å². The summed E-state index contributed by atoms with van der Waals surface area (Å²) in [4.78, 5) is 9.37. The predicted molar refractivity (Wildman–Crippen MR) is 87.0 cm³/mol. The summed E-state index contributed by atoms with van der Waals surface area (Å²) in [5.74, 6) is 1.17. The number of aromatic nitrogens is 2. The van der Waals surface area contributed by atoms with Gasteiger partial charge in [-0.25, -0.2) is 9.97 Å². The molecule has 0 saturated carbocycles. The highest BCUT2D eigenvalue weighted by Crippen LogP contribution is 2.28. The first-order valence-corrected chi connectivity index (χ1v) is 7.23. The van der Waals surface area contributed by atoms with E-state index in [2.05, 4.69) is 31.0 Å². The van der Waals surface area contributed by atoms with E-state index in [0.29, 0.717) is 5.92 Å². The molecule has 3 rings (SSSR count). The van der Waals surface area contributed by atoms with Crippen molar-refractivity contribution in [2.24, 2.45) is 0 Å². The fourth-order valence-electron chi connectivity index (χ4n) is 2.37. The molecule has 0 fully saturated rings. The highest BCUT2D eigenvalue weighted by molar-refractivity contribution is 5.66. The maximum atomic E-state index is 4.82. The summed E-state index contributed by atoms with van der Waals surface area (Å²) in [7, 11) is 0. The van der Waals surface area contributed by atoms with E-state index in [1.165, 1.54) is 5.56 Å². The highest BCUT2D eigenvalue weighted by Gasteiger charge is 2.13. The van der Waals surface area contributed by atoms with Crippen LogP contribution in [0.25, 0.3) is 22.6 Å². The van der Waals surface area contributed by atoms with Gasteiger partial charge in [-0.3, -0.25) is 0 Å². The second kappa shape index (κ2) is 5.88. The van der Waals surface area contributed by atoms with Crippen LogP contribution in [-0.2, 0) is 0 Å². The lowest BCUT2D eigenvalue weighted by atomic mass is 9.98. The molecule has 0 saturated heterocycles. The zero-order valence-corrected chi connectivity index (χ0v) is 12.3. The molecule has 0 aliphatic rings. The predicted octanol–water partition coefficient (Wildman–Crippen LogP) is 4.93. The van der Waals surface area contributed by atoms with Gasteiger partial charge in [-0.05, 0) is 11.5 Å². The maximum Gasteiger partial charge on any atom is 0.159 e. The molecule has 104 valence electrons. The van der Waals surface area contributed by atoms with Gasteiger partial charge in [-0.1, -0.05) is 74.5 Å². The number of hydrogen-bond acceptors (Lipinski definition) is 2. The average molecular weight is 274 g/mol. The minimum Gasteiger partial charge on any atom is -0.236 e. The van der Waals surface area contributed by atoms with Gasteiger partial charge in [-0.2, -0.15) is 0 Å². The summed E-state index contributed by atoms with van der Waals surface area (Å²) in [6.07, 6.45) is 1.96. The van der Waals surface area contributed by atoms with E-state index in [1.54, 1.807) is 0 Å². The Kier molecular flexibility index (Phi) is 3.78. The second-order valence-corrected chi connectivity index (χ2v) is 5.38. The van der Waals surface area contributed by atoms with Crippen LogP contribution in [0, 0.1) is 0 Å². The van der Waals surface area contributed by atoms with Crippen molar-refractivity contribution in [1.82, 2.24) is 9.97 Å². The van der Waals surface area contributed by atoms with Crippen LogP contribution in [-0.4, -0.2) is 9.97 Å². The molecule has 2 heteroatoms. The summed E-state index contributed by atoms with van der Waals surface area (Å²) >= 11 is 0. The lowest BCUT2D eigenvalue weighted by Gasteiger charge is -2.13. The minimum absolute atomic E-state index is 0.394. The molecule has 0 aliphatic carbocycles. The Bertz CT molecular complexity index is 719. The van der Waals surface area contributed by atoms with Crippen LogP contribution in [0.4, 0.5) is 0 Å². The number of rotatable bonds is 3. The zero-order chi connectivity index (χ0) is 14.7. The quantitative estimate of drug-likeness (QED) is 0.676. The Labute approximate surface area is 125 Å². The summed E-state index contributed by atoms with van der Waals surface area (Å²) in [6, 6.07) is 20.4. The summed E-state index contributed by atoms with van der Waals surface area (Å²) < 4.78 is 0. The summed E-state index contributed by atoms with van der Waals surface area (Å²) in [6.45, 7) is 4.35. The van der Waals surface area contributed by atoms with Crippen LogP contribution >= 0.6 is 0 Å². The van der Waals surface area contributed by atoms with Gasteiger partial charge in [0.1, 0.15) is 0 Å². The van der Waals surface area contributed by atoms with Crippen LogP contribution < -0.4 is 0 Å². The molecule has 0 bridgehead atoms. The molecule has 0 spiro atoms. The number of hydrogen-bond donors (Lipinski definition) is 0. The van der Waals surface area contributed by atoms with Crippen molar-refractivity contribution in [1.29, 1.82) is 0 Å². The summed E-state index contributed by atoms with van der Waals surface area (Å²) in [5.41, 5.74) is 4.39. The van der Waals surface area contributed by atoms with Crippen molar-refractivity contribution in [3.8, 4) is 22.6 Å². The minimum atomic E-state index is 0.394. The third kappa shape index (κ3) is 2.84. The second-order valence-electron chi connectivity index (χ2n) is 5.38. The molecule has 21 heavy (non-hydrogen) atoms. The Morgan fingerprint density at radius 1 is 0.762 bits per heavy atom. The Hall–Kier alpha value is -2.48. The molecule has 0 amide bonds. The van der Waals surface area contributed by atoms with Gasteiger partial charge in [0.05, 0.1) is 5.69 Å². The SMILES string of the molecule is CC(C)c1cnc(-c2ccccc2)nc1-c1ccccc1. The van der Waals surface area contributed by atoms with Gasteiger partial charge in [0.25, 0.3) is 0 Å². The zero-order valence-electron chi connectivity index (χ0n) is 12.3. The standard InChI is InChI=1S/C19H18N2/c1-14(2)17-13-20-19(16-11-7-4-8-12-16)21-18(17)15-9-5-3-6-10-15/h3-14H,1-2H3. The van der Waals surface area contributed by atoms with Gasteiger partial charge >= 0.3 is 0 Å². The van der Waals surface area contributed by atoms with E-state index in [-0.39, 0.29) is 0 Å². The van der Waals surface area contributed by atoms with Gasteiger partial charge in [0.2, 0.25) is 0 Å². The molecular weight excluding hydrogens is 256 g/mol. The Balaban J connectivity index is 2.16. The van der Waals surface area contributed by atoms with Crippen molar-refractivity contribution in [3.05, 3.63) is 72.4 Å². The Morgan fingerprint density at radius 3 is 1.90 bits per heavy atom. The first-order valence-electron chi connectivity index (χ1n) is 7.23. The molecule has 3 aromatic rings. The van der Waals surface area contributed by atoms with E-state index >= 15 is 0 Å². The van der Waals surface area contributed by atoms with Crippen LogP contribution in [0.15, 0.2) is 66.9 Å². The molecule has 2 aromatic carbocycles. The monoisotopic (exact) mass is 274 g/mol. The normalized spacial score (nSPS) is 10.8. The lowest BCUT2D eigenvalue weighted by Crippen LogP contribution is -2.00. The first kappa shape index (κ1) is 13.5. The van der Waals surface area contributed by atoms with Gasteiger partial charge in [-0.15, -0.1) is 0 Å². The summed E-state index contributed by atoms with van der Waals surface area (Å²) in [5, 5.41) is 0. The van der Waals surface area contributed by atoms with Crippen LogP contribution in [0.3, 0.4) is 0 Å². The molecule has 1 aromatic heterocycles. The van der Waals surface area contributed by atoms with Gasteiger partial charge in [0.15, 0.2) is 5.82 Å². The van der Waals surface area contributed by atoms with Crippen LogP contribution in [0.2, 0.25) is 0 Å². The molecule has 0 atom stereocenters. The van der Waals surface area contributed by atoms with E-state index in [9.17, 15) is 0 Å². The van der Waals surface area contributed by atoms with E-state index in [4.69, 9.17) is 4.98 Å². The topological polar surface area (TPSA) is 25.8 Å². The lowest BCUT2D eigenvalue weighted by molar-refractivity contribution is 0.851. The first-order chi connectivity index (χ1) is 10.3. The molecule has 2 nitrogen and oxygen atoms in total. The third-order valence-electron chi connectivity index (χ3n) is 3.52. The fourth-order valence-corrected chi connectivity index (χ4v) is 2.37. The molecule has 0 N–H and O–H groups in total. The maximum absolute atomic E-state index is 4.82. The van der Waals surface area contributed by atoms with Crippen molar-refractivity contribution in [2.75, 3.05) is 0 Å². The van der Waals surface area contributed by atoms with Crippen molar-refractivity contribution in [3.63, 3.8) is 0 Å². The largest absolute Gasteiger partial charge is 0.236 e. The molecule has 0 radical (unpaired) electrons. The van der Waals surface area contributed by atoms with E-state index < -0.39 is 0 Å². The van der Waals surface area contributed by atoms with Gasteiger partial charge in [0, 0.05) is 17.3 Å². The number of nitrogens with zero attached hydrogens (tertiary/aromatic N) is 2. The highest BCUT2D eigenvalue weighted by atomic mass is 14.9. The third-order valence-corrected chi connectivity index (χ3v) is 3.52. The fraction of sp³-hybridized carbons (Fsp3) is 0.158.